The van der Waals surface area contributed by atoms with Crippen molar-refractivity contribution in [1.29, 1.82) is 0 Å². The van der Waals surface area contributed by atoms with Crippen LogP contribution in [0.3, 0.4) is 0 Å². The Hall–Kier alpha value is -2.03. The number of nitrogens with zero attached hydrogens (tertiary/aromatic N) is 1. The molecule has 0 heterocycles. The highest BCUT2D eigenvalue weighted by molar-refractivity contribution is 5.88. The molecule has 0 saturated heterocycles. The van der Waals surface area contributed by atoms with Crippen molar-refractivity contribution >= 4 is 22.4 Å². The van der Waals surface area contributed by atoms with Crippen molar-refractivity contribution in [2.75, 3.05) is 11.9 Å². The van der Waals surface area contributed by atoms with E-state index in [1.165, 1.54) is 5.39 Å². The van der Waals surface area contributed by atoms with Gasteiger partial charge in [-0.1, -0.05) is 30.3 Å². The Balaban J connectivity index is 2.39. The van der Waals surface area contributed by atoms with Crippen LogP contribution in [0.15, 0.2) is 42.5 Å². The summed E-state index contributed by atoms with van der Waals surface area (Å²) in [5.41, 5.74) is 6.30. The quantitative estimate of drug-likeness (QED) is 0.875. The van der Waals surface area contributed by atoms with Crippen molar-refractivity contribution in [3.8, 4) is 0 Å². The van der Waals surface area contributed by atoms with Gasteiger partial charge in [-0.2, -0.15) is 0 Å². The number of nitrogens with two attached hydrogens (primary N) is 1. The highest BCUT2D eigenvalue weighted by atomic mass is 16.1. The van der Waals surface area contributed by atoms with Gasteiger partial charge in [-0.15, -0.1) is 0 Å². The lowest BCUT2D eigenvalue weighted by Gasteiger charge is -2.24. The summed E-state index contributed by atoms with van der Waals surface area (Å²) < 4.78 is 0. The summed E-state index contributed by atoms with van der Waals surface area (Å²) in [6, 6.07) is 13.9. The number of fused-ring (bicyclic) bond motifs is 1. The number of hydrogen-bond donors (Lipinski definition) is 1. The van der Waals surface area contributed by atoms with Gasteiger partial charge in [0.1, 0.15) is 6.04 Å². The molecule has 2 aromatic rings. The molecule has 0 aliphatic heterocycles. The molecule has 0 bridgehead atoms. The summed E-state index contributed by atoms with van der Waals surface area (Å²) in [7, 11) is 1.87. The van der Waals surface area contributed by atoms with Crippen LogP contribution >= 0.6 is 0 Å². The average Bonchev–Trinajstić information content (AvgIpc) is 2.36. The van der Waals surface area contributed by atoms with Crippen LogP contribution in [0.25, 0.3) is 10.8 Å². The summed E-state index contributed by atoms with van der Waals surface area (Å²) >= 11 is 0. The fraction of sp³-hybridized carbons (Fsp3) is 0.214. The van der Waals surface area contributed by atoms with Crippen LogP contribution in [0.5, 0.6) is 0 Å². The molecule has 17 heavy (non-hydrogen) atoms. The molecule has 1 amide bonds. The first-order valence-corrected chi connectivity index (χ1v) is 5.60. The molecule has 1 unspecified atom stereocenters. The largest absolute Gasteiger partial charge is 0.368 e. The number of carbonyl (C=O) groups excluding carboxylic acids is 1. The Morgan fingerprint density at radius 3 is 2.47 bits per heavy atom. The fourth-order valence-corrected chi connectivity index (χ4v) is 1.81. The molecule has 0 aliphatic rings. The Morgan fingerprint density at radius 1 is 1.18 bits per heavy atom. The van der Waals surface area contributed by atoms with Crippen molar-refractivity contribution in [3.63, 3.8) is 0 Å². The van der Waals surface area contributed by atoms with Crippen LogP contribution in [0, 0.1) is 0 Å². The van der Waals surface area contributed by atoms with Crippen LogP contribution in [-0.2, 0) is 4.79 Å². The number of hydrogen-bond acceptors (Lipinski definition) is 2. The Bertz CT molecular complexity index is 551. The van der Waals surface area contributed by atoms with Gasteiger partial charge in [0.15, 0.2) is 0 Å². The Labute approximate surface area is 101 Å². The van der Waals surface area contributed by atoms with Gasteiger partial charge >= 0.3 is 0 Å². The number of primary amides is 1. The number of rotatable bonds is 3. The SMILES string of the molecule is CC(C(N)=O)N(C)c1ccc2ccccc2c1. The standard InChI is InChI=1S/C14H16N2O/c1-10(14(15)17)16(2)13-8-7-11-5-3-4-6-12(11)9-13/h3-10H,1-2H3,(H2,15,17). The maximum atomic E-state index is 11.2. The molecule has 0 radical (unpaired) electrons. The minimum atomic E-state index is -0.319. The maximum absolute atomic E-state index is 11.2. The summed E-state index contributed by atoms with van der Waals surface area (Å²) in [5, 5.41) is 2.35. The van der Waals surface area contributed by atoms with Crippen LogP contribution in [0.2, 0.25) is 0 Å². The monoisotopic (exact) mass is 228 g/mol. The number of amides is 1. The summed E-state index contributed by atoms with van der Waals surface area (Å²) in [6.07, 6.45) is 0. The van der Waals surface area contributed by atoms with Crippen LogP contribution in [0.4, 0.5) is 5.69 Å². The van der Waals surface area contributed by atoms with Gasteiger partial charge in [0, 0.05) is 12.7 Å². The van der Waals surface area contributed by atoms with Crippen molar-refractivity contribution in [1.82, 2.24) is 0 Å². The minimum Gasteiger partial charge on any atom is -0.368 e. The lowest BCUT2D eigenvalue weighted by molar-refractivity contribution is -0.118. The lowest BCUT2D eigenvalue weighted by Crippen LogP contribution is -2.40. The zero-order valence-electron chi connectivity index (χ0n) is 10.1. The number of carbonyl (C=O) groups is 1. The third-order valence-electron chi connectivity index (χ3n) is 3.13. The predicted molar refractivity (Wildman–Crippen MR) is 71.0 cm³/mol. The molecule has 3 heteroatoms. The van der Waals surface area contributed by atoms with Gasteiger partial charge in [-0.25, -0.2) is 0 Å². The molecule has 0 aliphatic carbocycles. The molecule has 88 valence electrons. The molecular formula is C14H16N2O. The first-order valence-electron chi connectivity index (χ1n) is 5.60. The van der Waals surface area contributed by atoms with Gasteiger partial charge in [0.05, 0.1) is 0 Å². The van der Waals surface area contributed by atoms with E-state index in [0.29, 0.717) is 0 Å². The van der Waals surface area contributed by atoms with E-state index in [1.807, 2.05) is 30.1 Å². The highest BCUT2D eigenvalue weighted by Crippen LogP contribution is 2.22. The number of likely N-dealkylation sites (N-methyl/N-ethyl adjacent to an activating group) is 1. The van der Waals surface area contributed by atoms with E-state index in [2.05, 4.69) is 24.3 Å². The molecule has 3 nitrogen and oxygen atoms in total. The molecule has 1 atom stereocenters. The molecule has 0 fully saturated rings. The molecule has 2 aromatic carbocycles. The minimum absolute atomic E-state index is 0.309. The topological polar surface area (TPSA) is 46.3 Å². The molecule has 0 aromatic heterocycles. The number of benzene rings is 2. The molecular weight excluding hydrogens is 212 g/mol. The smallest absolute Gasteiger partial charge is 0.239 e. The summed E-state index contributed by atoms with van der Waals surface area (Å²) in [5.74, 6) is -0.319. The predicted octanol–water partition coefficient (Wildman–Crippen LogP) is 2.15. The van der Waals surface area contributed by atoms with E-state index in [9.17, 15) is 4.79 Å². The second-order valence-corrected chi connectivity index (χ2v) is 4.22. The second kappa shape index (κ2) is 4.45. The molecule has 0 spiro atoms. The van der Waals surface area contributed by atoms with E-state index in [-0.39, 0.29) is 11.9 Å². The van der Waals surface area contributed by atoms with Gasteiger partial charge in [0.2, 0.25) is 5.91 Å². The Morgan fingerprint density at radius 2 is 1.82 bits per heavy atom. The normalized spacial score (nSPS) is 12.4. The highest BCUT2D eigenvalue weighted by Gasteiger charge is 2.15. The maximum Gasteiger partial charge on any atom is 0.239 e. The second-order valence-electron chi connectivity index (χ2n) is 4.22. The van der Waals surface area contributed by atoms with Crippen molar-refractivity contribution in [2.45, 2.75) is 13.0 Å². The van der Waals surface area contributed by atoms with Gasteiger partial charge < -0.3 is 10.6 Å². The molecule has 2 rings (SSSR count). The van der Waals surface area contributed by atoms with Crippen molar-refractivity contribution < 1.29 is 4.79 Å². The van der Waals surface area contributed by atoms with Crippen LogP contribution in [-0.4, -0.2) is 19.0 Å². The van der Waals surface area contributed by atoms with E-state index in [1.54, 1.807) is 6.92 Å². The third-order valence-corrected chi connectivity index (χ3v) is 3.13. The van der Waals surface area contributed by atoms with E-state index in [0.717, 1.165) is 11.1 Å². The van der Waals surface area contributed by atoms with E-state index < -0.39 is 0 Å². The zero-order chi connectivity index (χ0) is 12.4. The first kappa shape index (κ1) is 11.5. The zero-order valence-corrected chi connectivity index (χ0v) is 10.1. The van der Waals surface area contributed by atoms with Gasteiger partial charge in [0.25, 0.3) is 0 Å². The third kappa shape index (κ3) is 2.23. The van der Waals surface area contributed by atoms with Crippen LogP contribution in [0.1, 0.15) is 6.92 Å². The summed E-state index contributed by atoms with van der Waals surface area (Å²) in [6.45, 7) is 1.80. The summed E-state index contributed by atoms with van der Waals surface area (Å²) in [4.78, 5) is 13.0. The fourth-order valence-electron chi connectivity index (χ4n) is 1.81. The van der Waals surface area contributed by atoms with Crippen molar-refractivity contribution in [2.24, 2.45) is 5.73 Å². The van der Waals surface area contributed by atoms with Gasteiger partial charge in [-0.05, 0) is 29.8 Å². The van der Waals surface area contributed by atoms with Gasteiger partial charge in [-0.3, -0.25) is 4.79 Å². The van der Waals surface area contributed by atoms with Crippen molar-refractivity contribution in [3.05, 3.63) is 42.5 Å². The van der Waals surface area contributed by atoms with Crippen LogP contribution < -0.4 is 10.6 Å². The number of anilines is 1. The molecule has 2 N–H and O–H groups in total. The molecule has 0 saturated carbocycles. The lowest BCUT2D eigenvalue weighted by atomic mass is 10.1. The first-order chi connectivity index (χ1) is 8.09. The van der Waals surface area contributed by atoms with E-state index >= 15 is 0 Å². The average molecular weight is 228 g/mol. The Kier molecular flexibility index (Phi) is 3.00. The van der Waals surface area contributed by atoms with E-state index in [4.69, 9.17) is 5.73 Å².